The van der Waals surface area contributed by atoms with E-state index in [-0.39, 0.29) is 18.0 Å². The molecule has 2 aromatic heterocycles. The first-order valence-corrected chi connectivity index (χ1v) is 6.84. The largest absolute Gasteiger partial charge is 0.416 e. The molecule has 2 atom stereocenters. The number of aromatic nitrogens is 3. The number of pyridine rings is 1. The third-order valence-corrected chi connectivity index (χ3v) is 3.63. The molecule has 22 heavy (non-hydrogen) atoms. The average Bonchev–Trinajstić information content (AvgIpc) is 3.07. The molecule has 0 spiro atoms. The lowest BCUT2D eigenvalue weighted by Gasteiger charge is -2.20. The van der Waals surface area contributed by atoms with E-state index in [9.17, 15) is 13.2 Å². The zero-order valence-electron chi connectivity index (χ0n) is 11.8. The van der Waals surface area contributed by atoms with Crippen molar-refractivity contribution in [3.63, 3.8) is 0 Å². The van der Waals surface area contributed by atoms with Gasteiger partial charge in [0.05, 0.1) is 11.6 Å². The summed E-state index contributed by atoms with van der Waals surface area (Å²) in [7, 11) is 1.85. The highest BCUT2D eigenvalue weighted by molar-refractivity contribution is 5.40. The predicted molar refractivity (Wildman–Crippen MR) is 73.2 cm³/mol. The van der Waals surface area contributed by atoms with Gasteiger partial charge in [-0.2, -0.15) is 13.2 Å². The molecule has 0 unspecified atom stereocenters. The van der Waals surface area contributed by atoms with Gasteiger partial charge in [0.15, 0.2) is 0 Å². The number of imidazole rings is 1. The van der Waals surface area contributed by atoms with Crippen LogP contribution in [0, 0.1) is 0 Å². The molecule has 8 heteroatoms. The first-order chi connectivity index (χ1) is 10.4. The van der Waals surface area contributed by atoms with E-state index < -0.39 is 11.7 Å². The second-order valence-corrected chi connectivity index (χ2v) is 5.15. The third kappa shape index (κ3) is 2.92. The molecule has 3 heterocycles. The SMILES string of the molecule is Cn1ccnc1[C@H]1OCC[C@@H]1Nc1cc(C(F)(F)F)ccn1. The van der Waals surface area contributed by atoms with Crippen LogP contribution >= 0.6 is 0 Å². The van der Waals surface area contributed by atoms with Gasteiger partial charge in [-0.25, -0.2) is 9.97 Å². The van der Waals surface area contributed by atoms with Gasteiger partial charge in [0.2, 0.25) is 0 Å². The van der Waals surface area contributed by atoms with Gasteiger partial charge in [-0.05, 0) is 18.6 Å². The Labute approximate surface area is 125 Å². The molecular formula is C14H15F3N4O. The zero-order chi connectivity index (χ0) is 15.7. The van der Waals surface area contributed by atoms with E-state index in [0.29, 0.717) is 13.0 Å². The third-order valence-electron chi connectivity index (χ3n) is 3.63. The molecule has 0 radical (unpaired) electrons. The number of aryl methyl sites for hydroxylation is 1. The molecule has 1 N–H and O–H groups in total. The van der Waals surface area contributed by atoms with Gasteiger partial charge in [-0.1, -0.05) is 0 Å². The predicted octanol–water partition coefficient (Wildman–Crippen LogP) is 2.78. The lowest BCUT2D eigenvalue weighted by molar-refractivity contribution is -0.137. The first-order valence-electron chi connectivity index (χ1n) is 6.84. The van der Waals surface area contributed by atoms with E-state index in [1.807, 2.05) is 11.6 Å². The van der Waals surface area contributed by atoms with Crippen molar-refractivity contribution in [3.05, 3.63) is 42.1 Å². The molecular weight excluding hydrogens is 297 g/mol. The van der Waals surface area contributed by atoms with Gasteiger partial charge in [-0.15, -0.1) is 0 Å². The van der Waals surface area contributed by atoms with Crippen LogP contribution in [0.5, 0.6) is 0 Å². The summed E-state index contributed by atoms with van der Waals surface area (Å²) in [5.74, 6) is 0.923. The summed E-state index contributed by atoms with van der Waals surface area (Å²) in [6.45, 7) is 0.522. The van der Waals surface area contributed by atoms with Crippen LogP contribution in [0.3, 0.4) is 0 Å². The number of anilines is 1. The number of hydrogen-bond acceptors (Lipinski definition) is 4. The van der Waals surface area contributed by atoms with Crippen LogP contribution in [0.2, 0.25) is 0 Å². The van der Waals surface area contributed by atoms with Crippen molar-refractivity contribution in [2.24, 2.45) is 7.05 Å². The summed E-state index contributed by atoms with van der Waals surface area (Å²) in [5.41, 5.74) is -0.725. The number of ether oxygens (including phenoxy) is 1. The molecule has 0 amide bonds. The number of nitrogens with one attached hydrogen (secondary N) is 1. The van der Waals surface area contributed by atoms with E-state index in [0.717, 1.165) is 24.2 Å². The van der Waals surface area contributed by atoms with Crippen molar-refractivity contribution in [2.45, 2.75) is 24.7 Å². The van der Waals surface area contributed by atoms with Crippen molar-refractivity contribution < 1.29 is 17.9 Å². The summed E-state index contributed by atoms with van der Waals surface area (Å²) < 4.78 is 45.7. The van der Waals surface area contributed by atoms with Gasteiger partial charge in [0.25, 0.3) is 0 Å². The van der Waals surface area contributed by atoms with Crippen molar-refractivity contribution in [2.75, 3.05) is 11.9 Å². The average molecular weight is 312 g/mol. The fraction of sp³-hybridized carbons (Fsp3) is 0.429. The standard InChI is InChI=1S/C14H15F3N4O/c1-21-6-5-19-13(21)12-10(3-7-22-12)20-11-8-9(2-4-18-11)14(15,16)17/h2,4-6,8,10,12H,3,7H2,1H3,(H,18,20)/t10-,12-/m0/s1. The molecule has 5 nitrogen and oxygen atoms in total. The fourth-order valence-corrected chi connectivity index (χ4v) is 2.52. The number of hydrogen-bond donors (Lipinski definition) is 1. The Morgan fingerprint density at radius 3 is 2.82 bits per heavy atom. The van der Waals surface area contributed by atoms with E-state index in [4.69, 9.17) is 4.74 Å². The first kappa shape index (κ1) is 14.8. The maximum absolute atomic E-state index is 12.7. The Morgan fingerprint density at radius 1 is 1.32 bits per heavy atom. The van der Waals surface area contributed by atoms with Crippen molar-refractivity contribution in [3.8, 4) is 0 Å². The van der Waals surface area contributed by atoms with Gasteiger partial charge in [0.1, 0.15) is 17.7 Å². The Bertz CT molecular complexity index is 656. The minimum atomic E-state index is -4.38. The maximum Gasteiger partial charge on any atom is 0.416 e. The molecule has 2 aromatic rings. The molecule has 1 aliphatic rings. The zero-order valence-corrected chi connectivity index (χ0v) is 11.8. The Hall–Kier alpha value is -2.09. The van der Waals surface area contributed by atoms with Crippen LogP contribution in [-0.4, -0.2) is 27.2 Å². The second-order valence-electron chi connectivity index (χ2n) is 5.15. The molecule has 1 aliphatic heterocycles. The summed E-state index contributed by atoms with van der Waals surface area (Å²) in [5, 5.41) is 3.03. The monoisotopic (exact) mass is 312 g/mol. The quantitative estimate of drug-likeness (QED) is 0.947. The van der Waals surface area contributed by atoms with Gasteiger partial charge in [-0.3, -0.25) is 0 Å². The Balaban J connectivity index is 1.79. The minimum Gasteiger partial charge on any atom is -0.368 e. The van der Waals surface area contributed by atoms with Crippen LogP contribution in [0.15, 0.2) is 30.7 Å². The lowest BCUT2D eigenvalue weighted by Crippen LogP contribution is -2.26. The number of nitrogens with zero attached hydrogens (tertiary/aromatic N) is 3. The van der Waals surface area contributed by atoms with Crippen LogP contribution in [0.4, 0.5) is 19.0 Å². The topological polar surface area (TPSA) is 52.0 Å². The minimum absolute atomic E-state index is 0.169. The van der Waals surface area contributed by atoms with Crippen molar-refractivity contribution >= 4 is 5.82 Å². The lowest BCUT2D eigenvalue weighted by atomic mass is 10.1. The maximum atomic E-state index is 12.7. The van der Waals surface area contributed by atoms with Crippen molar-refractivity contribution in [1.82, 2.24) is 14.5 Å². The molecule has 118 valence electrons. The molecule has 0 aliphatic carbocycles. The smallest absolute Gasteiger partial charge is 0.368 e. The number of halogens is 3. The molecule has 1 fully saturated rings. The van der Waals surface area contributed by atoms with Gasteiger partial charge in [0, 0.05) is 32.2 Å². The van der Waals surface area contributed by atoms with Crippen molar-refractivity contribution in [1.29, 1.82) is 0 Å². The molecule has 1 saturated heterocycles. The van der Waals surface area contributed by atoms with Crippen LogP contribution in [-0.2, 0) is 18.0 Å². The molecule has 0 saturated carbocycles. The van der Waals surface area contributed by atoms with E-state index in [2.05, 4.69) is 15.3 Å². The number of rotatable bonds is 3. The van der Waals surface area contributed by atoms with E-state index >= 15 is 0 Å². The molecule has 3 rings (SSSR count). The molecule has 0 bridgehead atoms. The molecule has 0 aromatic carbocycles. The summed E-state index contributed by atoms with van der Waals surface area (Å²) >= 11 is 0. The van der Waals surface area contributed by atoms with Crippen LogP contribution in [0.25, 0.3) is 0 Å². The van der Waals surface area contributed by atoms with Crippen LogP contribution < -0.4 is 5.32 Å². The highest BCUT2D eigenvalue weighted by Crippen LogP contribution is 2.32. The van der Waals surface area contributed by atoms with E-state index in [1.165, 1.54) is 0 Å². The normalized spacial score (nSPS) is 22.0. The number of alkyl halides is 3. The highest BCUT2D eigenvalue weighted by Gasteiger charge is 2.34. The Morgan fingerprint density at radius 2 is 2.14 bits per heavy atom. The Kier molecular flexibility index (Phi) is 3.78. The summed E-state index contributed by atoms with van der Waals surface area (Å²) in [6, 6.07) is 1.79. The van der Waals surface area contributed by atoms with Crippen LogP contribution in [0.1, 0.15) is 23.9 Å². The fourth-order valence-electron chi connectivity index (χ4n) is 2.52. The van der Waals surface area contributed by atoms with E-state index in [1.54, 1.807) is 12.4 Å². The highest BCUT2D eigenvalue weighted by atomic mass is 19.4. The van der Waals surface area contributed by atoms with Gasteiger partial charge >= 0.3 is 6.18 Å². The second kappa shape index (κ2) is 5.60. The summed E-state index contributed by atoms with van der Waals surface area (Å²) in [4.78, 5) is 8.20. The summed E-state index contributed by atoms with van der Waals surface area (Å²) in [6.07, 6.45) is 0.598. The van der Waals surface area contributed by atoms with Gasteiger partial charge < -0.3 is 14.6 Å².